The number of nitrogens with one attached hydrogen (secondary N) is 2. The first-order valence-corrected chi connectivity index (χ1v) is 11.2. The fourth-order valence-corrected chi connectivity index (χ4v) is 3.91. The van der Waals surface area contributed by atoms with Crippen LogP contribution in [0.5, 0.6) is 11.5 Å². The fraction of sp³-hybridized carbons (Fsp3) is 0.278. The van der Waals surface area contributed by atoms with E-state index in [4.69, 9.17) is 9.47 Å². The molecule has 9 heteroatoms. The molecule has 0 saturated carbocycles. The molecule has 2 aromatic rings. The minimum Gasteiger partial charge on any atom is -0.486 e. The molecule has 144 valence electrons. The first-order valence-electron chi connectivity index (χ1n) is 8.29. The number of ether oxygens (including phenoxy) is 2. The predicted molar refractivity (Wildman–Crippen MR) is 106 cm³/mol. The summed E-state index contributed by atoms with van der Waals surface area (Å²) in [7, 11) is -3.77. The van der Waals surface area contributed by atoms with Crippen molar-refractivity contribution in [3.63, 3.8) is 0 Å². The number of hydrogen-bond acceptors (Lipinski definition) is 6. The van der Waals surface area contributed by atoms with Crippen molar-refractivity contribution in [2.45, 2.75) is 11.3 Å². The van der Waals surface area contributed by atoms with Crippen molar-refractivity contribution >= 4 is 39.1 Å². The number of rotatable bonds is 7. The first kappa shape index (κ1) is 19.4. The molecule has 1 amide bonds. The number of anilines is 2. The molecule has 0 saturated heterocycles. The van der Waals surface area contributed by atoms with Gasteiger partial charge in [0.2, 0.25) is 5.91 Å². The SMILES string of the molecule is CSCCC(=O)Nc1ccc(NS(=O)(=O)c2ccc3c(c2)OCCO3)cc1. The van der Waals surface area contributed by atoms with E-state index < -0.39 is 10.0 Å². The molecular formula is C18H20N2O5S2. The molecule has 0 fully saturated rings. The van der Waals surface area contributed by atoms with E-state index in [1.54, 1.807) is 42.1 Å². The summed E-state index contributed by atoms with van der Waals surface area (Å²) in [6.07, 6.45) is 2.37. The molecule has 7 nitrogen and oxygen atoms in total. The average molecular weight is 409 g/mol. The minimum atomic E-state index is -3.77. The maximum absolute atomic E-state index is 12.6. The quantitative estimate of drug-likeness (QED) is 0.732. The first-order chi connectivity index (χ1) is 13.0. The number of thioether (sulfide) groups is 1. The Morgan fingerprint density at radius 2 is 1.70 bits per heavy atom. The van der Waals surface area contributed by atoms with E-state index in [1.165, 1.54) is 12.1 Å². The lowest BCUT2D eigenvalue weighted by Crippen LogP contribution is -2.17. The molecule has 1 aliphatic rings. The molecule has 0 radical (unpaired) electrons. The van der Waals surface area contributed by atoms with Crippen molar-refractivity contribution in [1.82, 2.24) is 0 Å². The Balaban J connectivity index is 1.68. The molecule has 0 aliphatic carbocycles. The summed E-state index contributed by atoms with van der Waals surface area (Å²) in [5, 5.41) is 2.77. The normalized spacial score (nSPS) is 13.1. The summed E-state index contributed by atoms with van der Waals surface area (Å²) in [5.41, 5.74) is 1.01. The zero-order valence-electron chi connectivity index (χ0n) is 14.7. The summed E-state index contributed by atoms with van der Waals surface area (Å²) in [6.45, 7) is 0.825. The third-order valence-electron chi connectivity index (χ3n) is 3.78. The largest absolute Gasteiger partial charge is 0.486 e. The predicted octanol–water partition coefficient (Wildman–Crippen LogP) is 2.95. The van der Waals surface area contributed by atoms with E-state index in [0.29, 0.717) is 42.5 Å². The summed E-state index contributed by atoms with van der Waals surface area (Å²) < 4.78 is 38.5. The number of carbonyl (C=O) groups excluding carboxylic acids is 1. The molecular weight excluding hydrogens is 388 g/mol. The highest BCUT2D eigenvalue weighted by atomic mass is 32.2. The summed E-state index contributed by atoms with van der Waals surface area (Å²) in [5.74, 6) is 1.61. The van der Waals surface area contributed by atoms with E-state index in [1.807, 2.05) is 6.26 Å². The molecule has 0 bridgehead atoms. The van der Waals surface area contributed by atoms with E-state index in [-0.39, 0.29) is 10.8 Å². The number of fused-ring (bicyclic) bond motifs is 1. The van der Waals surface area contributed by atoms with E-state index in [2.05, 4.69) is 10.0 Å². The van der Waals surface area contributed by atoms with Crippen LogP contribution in [-0.2, 0) is 14.8 Å². The lowest BCUT2D eigenvalue weighted by molar-refractivity contribution is -0.115. The number of hydrogen-bond donors (Lipinski definition) is 2. The highest BCUT2D eigenvalue weighted by Gasteiger charge is 2.19. The van der Waals surface area contributed by atoms with E-state index in [0.717, 1.165) is 5.75 Å². The van der Waals surface area contributed by atoms with Crippen molar-refractivity contribution in [1.29, 1.82) is 0 Å². The van der Waals surface area contributed by atoms with Gasteiger partial charge in [-0.3, -0.25) is 9.52 Å². The smallest absolute Gasteiger partial charge is 0.262 e. The monoisotopic (exact) mass is 408 g/mol. The van der Waals surface area contributed by atoms with Gasteiger partial charge in [0.15, 0.2) is 11.5 Å². The van der Waals surface area contributed by atoms with Gasteiger partial charge in [-0.05, 0) is 42.7 Å². The Bertz CT molecular complexity index is 914. The molecule has 27 heavy (non-hydrogen) atoms. The summed E-state index contributed by atoms with van der Waals surface area (Å²) in [6, 6.07) is 11.0. The second-order valence-electron chi connectivity index (χ2n) is 5.78. The third kappa shape index (κ3) is 5.08. The fourth-order valence-electron chi connectivity index (χ4n) is 2.44. The van der Waals surface area contributed by atoms with Crippen LogP contribution in [0, 0.1) is 0 Å². The number of sulfonamides is 1. The Labute approximate surface area is 162 Å². The molecule has 0 atom stereocenters. The van der Waals surface area contributed by atoms with Crippen LogP contribution in [0.3, 0.4) is 0 Å². The van der Waals surface area contributed by atoms with Gasteiger partial charge in [0, 0.05) is 29.6 Å². The van der Waals surface area contributed by atoms with Crippen molar-refractivity contribution in [3.8, 4) is 11.5 Å². The Kier molecular flexibility index (Phi) is 6.12. The topological polar surface area (TPSA) is 93.7 Å². The van der Waals surface area contributed by atoms with Crippen molar-refractivity contribution in [2.24, 2.45) is 0 Å². The molecule has 2 N–H and O–H groups in total. The second kappa shape index (κ2) is 8.53. The van der Waals surface area contributed by atoms with Crippen LogP contribution in [-0.4, -0.2) is 39.5 Å². The molecule has 0 spiro atoms. The zero-order valence-corrected chi connectivity index (χ0v) is 16.4. The van der Waals surface area contributed by atoms with Gasteiger partial charge in [-0.15, -0.1) is 0 Å². The Morgan fingerprint density at radius 1 is 1.04 bits per heavy atom. The molecule has 3 rings (SSSR count). The maximum Gasteiger partial charge on any atom is 0.262 e. The zero-order chi connectivity index (χ0) is 19.3. The van der Waals surface area contributed by atoms with Crippen molar-refractivity contribution < 1.29 is 22.7 Å². The average Bonchev–Trinajstić information content (AvgIpc) is 2.67. The van der Waals surface area contributed by atoms with Gasteiger partial charge in [-0.1, -0.05) is 0 Å². The van der Waals surface area contributed by atoms with Crippen LogP contribution in [0.25, 0.3) is 0 Å². The number of benzene rings is 2. The summed E-state index contributed by atoms with van der Waals surface area (Å²) >= 11 is 1.60. The highest BCUT2D eigenvalue weighted by Crippen LogP contribution is 2.32. The lowest BCUT2D eigenvalue weighted by Gasteiger charge is -2.19. The Morgan fingerprint density at radius 3 is 2.41 bits per heavy atom. The van der Waals surface area contributed by atoms with Gasteiger partial charge in [0.1, 0.15) is 13.2 Å². The van der Waals surface area contributed by atoms with Crippen LogP contribution < -0.4 is 19.5 Å². The maximum atomic E-state index is 12.6. The van der Waals surface area contributed by atoms with Gasteiger partial charge >= 0.3 is 0 Å². The molecule has 2 aromatic carbocycles. The van der Waals surface area contributed by atoms with Gasteiger partial charge in [-0.2, -0.15) is 11.8 Å². The van der Waals surface area contributed by atoms with Gasteiger partial charge < -0.3 is 14.8 Å². The molecule has 0 aromatic heterocycles. The van der Waals surface area contributed by atoms with E-state index >= 15 is 0 Å². The van der Waals surface area contributed by atoms with Crippen LogP contribution >= 0.6 is 11.8 Å². The van der Waals surface area contributed by atoms with Crippen LogP contribution in [0.15, 0.2) is 47.4 Å². The van der Waals surface area contributed by atoms with Crippen molar-refractivity contribution in [2.75, 3.05) is 35.3 Å². The van der Waals surface area contributed by atoms with Crippen LogP contribution in [0.1, 0.15) is 6.42 Å². The van der Waals surface area contributed by atoms with Crippen molar-refractivity contribution in [3.05, 3.63) is 42.5 Å². The van der Waals surface area contributed by atoms with Crippen LogP contribution in [0.4, 0.5) is 11.4 Å². The molecule has 1 heterocycles. The number of amides is 1. The second-order valence-corrected chi connectivity index (χ2v) is 8.45. The molecule has 1 aliphatic heterocycles. The van der Waals surface area contributed by atoms with Gasteiger partial charge in [0.05, 0.1) is 4.90 Å². The summed E-state index contributed by atoms with van der Waals surface area (Å²) in [4.78, 5) is 11.8. The Hall–Kier alpha value is -2.39. The highest BCUT2D eigenvalue weighted by molar-refractivity contribution is 7.98. The standard InChI is InChI=1S/C18H20N2O5S2/c1-26-11-8-18(21)19-13-2-4-14(5-3-13)20-27(22,23)15-6-7-16-17(12-15)25-10-9-24-16/h2-7,12,20H,8-11H2,1H3,(H,19,21). The van der Waals surface area contributed by atoms with E-state index in [9.17, 15) is 13.2 Å². The molecule has 0 unspecified atom stereocenters. The third-order valence-corrected chi connectivity index (χ3v) is 5.77. The lowest BCUT2D eigenvalue weighted by atomic mass is 10.3. The van der Waals surface area contributed by atoms with Gasteiger partial charge in [-0.25, -0.2) is 8.42 Å². The minimum absolute atomic E-state index is 0.0750. The van der Waals surface area contributed by atoms with Gasteiger partial charge in [0.25, 0.3) is 10.0 Å². The number of carbonyl (C=O) groups is 1. The van der Waals surface area contributed by atoms with Crippen LogP contribution in [0.2, 0.25) is 0 Å².